The zero-order chi connectivity index (χ0) is 29.7. The molecule has 210 valence electrons. The molecule has 0 radical (unpaired) electrons. The Kier molecular flexibility index (Phi) is 5.82. The Labute approximate surface area is 260 Å². The smallest absolute Gasteiger partial charge is 0.227 e. The topological polar surface area (TPSA) is 38.9 Å². The van der Waals surface area contributed by atoms with Gasteiger partial charge < -0.3 is 4.42 Å². The minimum Gasteiger partial charge on any atom is -0.436 e. The molecule has 0 unspecified atom stereocenters. The van der Waals surface area contributed by atoms with Gasteiger partial charge in [-0.25, -0.2) is 4.98 Å². The molecule has 0 saturated heterocycles. The minimum atomic E-state index is 0.632. The molecule has 3 nitrogen and oxygen atoms in total. The number of pyridine rings is 1. The molecule has 0 saturated carbocycles. The molecule has 2 aromatic heterocycles. The van der Waals surface area contributed by atoms with Crippen molar-refractivity contribution in [1.29, 1.82) is 0 Å². The first-order chi connectivity index (χ1) is 22.3. The summed E-state index contributed by atoms with van der Waals surface area (Å²) < 4.78 is 6.04. The predicted molar refractivity (Wildman–Crippen MR) is 186 cm³/mol. The fourth-order valence-corrected chi connectivity index (χ4v) is 6.59. The molecule has 0 aliphatic rings. The van der Waals surface area contributed by atoms with Gasteiger partial charge in [0.1, 0.15) is 5.52 Å². The van der Waals surface area contributed by atoms with Crippen LogP contribution in [0, 0.1) is 0 Å². The summed E-state index contributed by atoms with van der Waals surface area (Å²) in [6, 6.07) is 53.2. The maximum absolute atomic E-state index is 6.04. The monoisotopic (exact) mass is 574 g/mol. The normalized spacial score (nSPS) is 11.6. The fourth-order valence-electron chi connectivity index (χ4n) is 6.59. The van der Waals surface area contributed by atoms with Gasteiger partial charge in [0, 0.05) is 22.9 Å². The van der Waals surface area contributed by atoms with Crippen LogP contribution in [0.5, 0.6) is 0 Å². The summed E-state index contributed by atoms with van der Waals surface area (Å²) in [5.41, 5.74) is 9.37. The van der Waals surface area contributed by atoms with Crippen LogP contribution in [0.2, 0.25) is 0 Å². The highest BCUT2D eigenvalue weighted by atomic mass is 16.3. The van der Waals surface area contributed by atoms with Gasteiger partial charge in [0.15, 0.2) is 5.58 Å². The summed E-state index contributed by atoms with van der Waals surface area (Å²) in [6.45, 7) is 0. The van der Waals surface area contributed by atoms with Gasteiger partial charge in [0.25, 0.3) is 0 Å². The first-order valence-electron chi connectivity index (χ1n) is 15.2. The van der Waals surface area contributed by atoms with Crippen molar-refractivity contribution in [2.24, 2.45) is 0 Å². The van der Waals surface area contributed by atoms with Gasteiger partial charge in [0.2, 0.25) is 5.89 Å². The van der Waals surface area contributed by atoms with Crippen molar-refractivity contribution in [3.8, 4) is 45.0 Å². The number of para-hydroxylation sites is 2. The molecule has 2 heterocycles. The van der Waals surface area contributed by atoms with Gasteiger partial charge in [-0.05, 0) is 85.4 Å². The van der Waals surface area contributed by atoms with E-state index in [1.165, 1.54) is 43.4 Å². The van der Waals surface area contributed by atoms with E-state index in [2.05, 4.69) is 127 Å². The third-order valence-electron chi connectivity index (χ3n) is 8.74. The molecule has 7 aromatic carbocycles. The number of nitrogens with zero attached hydrogens (tertiary/aromatic N) is 2. The van der Waals surface area contributed by atoms with Crippen LogP contribution in [-0.4, -0.2) is 9.97 Å². The number of rotatable bonds is 4. The number of fused-ring (bicyclic) bond motifs is 4. The van der Waals surface area contributed by atoms with E-state index in [-0.39, 0.29) is 0 Å². The summed E-state index contributed by atoms with van der Waals surface area (Å²) in [4.78, 5) is 9.66. The van der Waals surface area contributed by atoms with Gasteiger partial charge in [-0.2, -0.15) is 0 Å². The van der Waals surface area contributed by atoms with Crippen LogP contribution in [0.15, 0.2) is 162 Å². The second-order valence-electron chi connectivity index (χ2n) is 11.4. The second-order valence-corrected chi connectivity index (χ2v) is 11.4. The highest BCUT2D eigenvalue weighted by Gasteiger charge is 2.17. The first-order valence-corrected chi connectivity index (χ1v) is 15.2. The molecule has 45 heavy (non-hydrogen) atoms. The largest absolute Gasteiger partial charge is 0.436 e. The molecular formula is C42H26N2O. The highest BCUT2D eigenvalue weighted by molar-refractivity contribution is 6.21. The van der Waals surface area contributed by atoms with E-state index in [4.69, 9.17) is 14.4 Å². The SMILES string of the molecule is c1ccc2cc(-c3ccc(-c4c5ccccc5c(-c5ccc(-c6nc7ccccc7o6)cc5)c5ccccc45)cn3)ccc2c1. The molecule has 0 atom stereocenters. The number of aromatic nitrogens is 2. The molecule has 0 aliphatic heterocycles. The maximum Gasteiger partial charge on any atom is 0.227 e. The van der Waals surface area contributed by atoms with Gasteiger partial charge in [-0.1, -0.05) is 115 Å². The van der Waals surface area contributed by atoms with Crippen LogP contribution >= 0.6 is 0 Å². The number of oxazole rings is 1. The van der Waals surface area contributed by atoms with E-state index < -0.39 is 0 Å². The van der Waals surface area contributed by atoms with Crippen molar-refractivity contribution >= 4 is 43.4 Å². The fraction of sp³-hybridized carbons (Fsp3) is 0. The minimum absolute atomic E-state index is 0.632. The Morgan fingerprint density at radius 2 is 0.978 bits per heavy atom. The van der Waals surface area contributed by atoms with Crippen molar-refractivity contribution in [2.45, 2.75) is 0 Å². The van der Waals surface area contributed by atoms with Crippen LogP contribution in [0.25, 0.3) is 88.4 Å². The Morgan fingerprint density at radius 1 is 0.422 bits per heavy atom. The van der Waals surface area contributed by atoms with Gasteiger partial charge in [-0.3, -0.25) is 4.98 Å². The lowest BCUT2D eigenvalue weighted by Gasteiger charge is -2.18. The Morgan fingerprint density at radius 3 is 1.64 bits per heavy atom. The average molecular weight is 575 g/mol. The van der Waals surface area contributed by atoms with Crippen LogP contribution < -0.4 is 0 Å². The Hall–Kier alpha value is -6.06. The summed E-state index contributed by atoms with van der Waals surface area (Å²) >= 11 is 0. The molecule has 9 aromatic rings. The summed E-state index contributed by atoms with van der Waals surface area (Å²) in [7, 11) is 0. The molecule has 0 N–H and O–H groups in total. The molecule has 3 heteroatoms. The molecule has 0 aliphatic carbocycles. The third-order valence-corrected chi connectivity index (χ3v) is 8.74. The summed E-state index contributed by atoms with van der Waals surface area (Å²) in [5.74, 6) is 0.632. The highest BCUT2D eigenvalue weighted by Crippen LogP contribution is 2.44. The van der Waals surface area contributed by atoms with E-state index in [0.29, 0.717) is 5.89 Å². The number of hydrogen-bond donors (Lipinski definition) is 0. The second kappa shape index (κ2) is 10.3. The van der Waals surface area contributed by atoms with Crippen molar-refractivity contribution in [2.75, 3.05) is 0 Å². The number of benzene rings is 7. The first kappa shape index (κ1) is 25.4. The average Bonchev–Trinajstić information content (AvgIpc) is 3.55. The molecule has 9 rings (SSSR count). The maximum atomic E-state index is 6.04. The zero-order valence-electron chi connectivity index (χ0n) is 24.3. The molecule has 0 spiro atoms. The van der Waals surface area contributed by atoms with Crippen LogP contribution in [-0.2, 0) is 0 Å². The van der Waals surface area contributed by atoms with Gasteiger partial charge >= 0.3 is 0 Å². The van der Waals surface area contributed by atoms with Crippen molar-refractivity contribution < 1.29 is 4.42 Å². The quantitative estimate of drug-likeness (QED) is 0.196. The summed E-state index contributed by atoms with van der Waals surface area (Å²) in [5, 5.41) is 7.27. The Balaban J connectivity index is 1.17. The zero-order valence-corrected chi connectivity index (χ0v) is 24.3. The van der Waals surface area contributed by atoms with Crippen molar-refractivity contribution in [3.63, 3.8) is 0 Å². The van der Waals surface area contributed by atoms with Crippen LogP contribution in [0.1, 0.15) is 0 Å². The van der Waals surface area contributed by atoms with Crippen molar-refractivity contribution in [3.05, 3.63) is 158 Å². The van der Waals surface area contributed by atoms with Crippen molar-refractivity contribution in [1.82, 2.24) is 9.97 Å². The lowest BCUT2D eigenvalue weighted by Crippen LogP contribution is -1.92. The standard InChI is InChI=1S/C42H26N2O/c1-2-10-30-25-31(22-17-27(30)9-1)37-24-23-32(26-43-37)41-35-13-5-3-11-33(35)40(34-12-4-6-14-36(34)41)28-18-20-29(21-19-28)42-44-38-15-7-8-16-39(38)45-42/h1-26H. The lowest BCUT2D eigenvalue weighted by atomic mass is 9.86. The molecule has 0 amide bonds. The predicted octanol–water partition coefficient (Wildman–Crippen LogP) is 11.4. The van der Waals surface area contributed by atoms with E-state index in [0.717, 1.165) is 39.0 Å². The lowest BCUT2D eigenvalue weighted by molar-refractivity contribution is 0.620. The van der Waals surface area contributed by atoms with E-state index in [1.54, 1.807) is 0 Å². The van der Waals surface area contributed by atoms with Crippen LogP contribution in [0.3, 0.4) is 0 Å². The molecule has 0 fully saturated rings. The third kappa shape index (κ3) is 4.29. The van der Waals surface area contributed by atoms with Gasteiger partial charge in [0.05, 0.1) is 5.69 Å². The van der Waals surface area contributed by atoms with E-state index >= 15 is 0 Å². The van der Waals surface area contributed by atoms with E-state index in [1.807, 2.05) is 30.5 Å². The Bertz CT molecular complexity index is 2440. The summed E-state index contributed by atoms with van der Waals surface area (Å²) in [6.07, 6.45) is 2.02. The molecular weight excluding hydrogens is 548 g/mol. The number of hydrogen-bond acceptors (Lipinski definition) is 3. The van der Waals surface area contributed by atoms with Crippen LogP contribution in [0.4, 0.5) is 0 Å². The van der Waals surface area contributed by atoms with Gasteiger partial charge in [-0.15, -0.1) is 0 Å². The molecule has 0 bridgehead atoms. The van der Waals surface area contributed by atoms with E-state index in [9.17, 15) is 0 Å².